The molecule has 0 saturated heterocycles. The maximum atomic E-state index is 4.62. The topological polar surface area (TPSA) is 12.4 Å². The van der Waals surface area contributed by atoms with Gasteiger partial charge >= 0.3 is 0 Å². The van der Waals surface area contributed by atoms with E-state index in [0.29, 0.717) is 6.04 Å². The van der Waals surface area contributed by atoms with Gasteiger partial charge in [-0.15, -0.1) is 0 Å². The summed E-state index contributed by atoms with van der Waals surface area (Å²) in [5.74, 6) is 0. The molecule has 1 aromatic rings. The lowest BCUT2D eigenvalue weighted by atomic mass is 10.1. The fraction of sp³-hybridized carbons (Fsp3) is 0.500. The molecule has 1 aromatic carbocycles. The van der Waals surface area contributed by atoms with Crippen LogP contribution < -0.4 is 0 Å². The first kappa shape index (κ1) is 12.0. The smallest absolute Gasteiger partial charge is 0.0497 e. The quantitative estimate of drug-likeness (QED) is 0.618. The van der Waals surface area contributed by atoms with Gasteiger partial charge in [0.2, 0.25) is 0 Å². The zero-order chi connectivity index (χ0) is 10.9. The van der Waals surface area contributed by atoms with Crippen LogP contribution in [-0.4, -0.2) is 12.3 Å². The van der Waals surface area contributed by atoms with Crippen LogP contribution in [0.25, 0.3) is 0 Å². The van der Waals surface area contributed by atoms with Crippen LogP contribution in [0.1, 0.15) is 45.1 Å². The summed E-state index contributed by atoms with van der Waals surface area (Å²) in [6, 6.07) is 10.8. The van der Waals surface area contributed by atoms with Gasteiger partial charge in [0.1, 0.15) is 0 Å². The van der Waals surface area contributed by atoms with E-state index < -0.39 is 0 Å². The van der Waals surface area contributed by atoms with Gasteiger partial charge in [-0.2, -0.15) is 0 Å². The highest BCUT2D eigenvalue weighted by Crippen LogP contribution is 2.08. The van der Waals surface area contributed by atoms with E-state index in [4.69, 9.17) is 0 Å². The summed E-state index contributed by atoms with van der Waals surface area (Å²) in [6.07, 6.45) is 6.91. The zero-order valence-electron chi connectivity index (χ0n) is 9.82. The van der Waals surface area contributed by atoms with Crippen molar-refractivity contribution in [2.75, 3.05) is 0 Å². The van der Waals surface area contributed by atoms with Crippen molar-refractivity contribution in [3.05, 3.63) is 35.9 Å². The Morgan fingerprint density at radius 2 is 1.93 bits per heavy atom. The minimum absolute atomic E-state index is 0.505. The molecule has 0 aliphatic carbocycles. The molecular weight excluding hydrogens is 182 g/mol. The van der Waals surface area contributed by atoms with Crippen molar-refractivity contribution in [1.29, 1.82) is 0 Å². The largest absolute Gasteiger partial charge is 0.289 e. The Morgan fingerprint density at radius 3 is 2.53 bits per heavy atom. The van der Waals surface area contributed by atoms with Gasteiger partial charge in [0.25, 0.3) is 0 Å². The Morgan fingerprint density at radius 1 is 1.20 bits per heavy atom. The number of hydrogen-bond donors (Lipinski definition) is 0. The van der Waals surface area contributed by atoms with E-state index in [1.165, 1.54) is 24.8 Å². The highest BCUT2D eigenvalue weighted by atomic mass is 14.8. The van der Waals surface area contributed by atoms with Crippen LogP contribution in [0.4, 0.5) is 0 Å². The molecule has 0 fully saturated rings. The molecule has 0 saturated carbocycles. The Labute approximate surface area is 93.2 Å². The number of hydrogen-bond acceptors (Lipinski definition) is 1. The van der Waals surface area contributed by atoms with Crippen LogP contribution in [0.5, 0.6) is 0 Å². The molecule has 0 aliphatic rings. The van der Waals surface area contributed by atoms with Gasteiger partial charge in [-0.3, -0.25) is 4.99 Å². The van der Waals surface area contributed by atoms with Crippen LogP contribution in [0.15, 0.2) is 35.3 Å². The molecule has 0 heterocycles. The molecule has 1 unspecified atom stereocenters. The number of aliphatic imine (C=N–C) groups is 1. The third kappa shape index (κ3) is 4.78. The molecule has 82 valence electrons. The van der Waals surface area contributed by atoms with Crippen molar-refractivity contribution in [3.63, 3.8) is 0 Å². The van der Waals surface area contributed by atoms with Gasteiger partial charge in [-0.05, 0) is 18.4 Å². The molecule has 1 heteroatoms. The number of nitrogens with zero attached hydrogens (tertiary/aromatic N) is 1. The van der Waals surface area contributed by atoms with Crippen LogP contribution >= 0.6 is 0 Å². The molecule has 0 aromatic heterocycles. The standard InChI is InChI=1S/C14H21N/c1-3-5-11-14(4-2)15-12-13-9-7-6-8-10-13/h6-10,12,14H,3-5,11H2,1-2H3. The summed E-state index contributed by atoms with van der Waals surface area (Å²) >= 11 is 0. The van der Waals surface area contributed by atoms with E-state index in [2.05, 4.69) is 31.0 Å². The number of benzene rings is 1. The Kier molecular flexibility index (Phi) is 5.76. The SMILES string of the molecule is CCCCC(CC)N=Cc1ccccc1. The van der Waals surface area contributed by atoms with E-state index >= 15 is 0 Å². The molecule has 1 atom stereocenters. The normalized spacial score (nSPS) is 13.2. The van der Waals surface area contributed by atoms with Crippen molar-refractivity contribution in [2.24, 2.45) is 4.99 Å². The highest BCUT2D eigenvalue weighted by Gasteiger charge is 2.00. The lowest BCUT2D eigenvalue weighted by Crippen LogP contribution is -2.02. The maximum Gasteiger partial charge on any atom is 0.0497 e. The fourth-order valence-electron chi connectivity index (χ4n) is 1.55. The Hall–Kier alpha value is -1.11. The maximum absolute atomic E-state index is 4.62. The van der Waals surface area contributed by atoms with Crippen LogP contribution in [0.2, 0.25) is 0 Å². The van der Waals surface area contributed by atoms with Gasteiger partial charge in [-0.1, -0.05) is 57.0 Å². The third-order valence-corrected chi connectivity index (χ3v) is 2.60. The average Bonchev–Trinajstić information content (AvgIpc) is 2.31. The van der Waals surface area contributed by atoms with Gasteiger partial charge in [0, 0.05) is 12.3 Å². The lowest BCUT2D eigenvalue weighted by molar-refractivity contribution is 0.566. The lowest BCUT2D eigenvalue weighted by Gasteiger charge is -2.07. The van der Waals surface area contributed by atoms with Crippen molar-refractivity contribution < 1.29 is 0 Å². The van der Waals surface area contributed by atoms with Crippen molar-refractivity contribution >= 4 is 6.21 Å². The first-order chi connectivity index (χ1) is 7.36. The summed E-state index contributed by atoms with van der Waals surface area (Å²) < 4.78 is 0. The van der Waals surface area contributed by atoms with Crippen molar-refractivity contribution in [1.82, 2.24) is 0 Å². The molecule has 1 nitrogen and oxygen atoms in total. The predicted octanol–water partition coefficient (Wildman–Crippen LogP) is 4.07. The molecule has 0 aliphatic heterocycles. The van der Waals surface area contributed by atoms with E-state index in [1.807, 2.05) is 24.4 Å². The minimum Gasteiger partial charge on any atom is -0.289 e. The second kappa shape index (κ2) is 7.22. The Balaban J connectivity index is 2.47. The van der Waals surface area contributed by atoms with Crippen molar-refractivity contribution in [2.45, 2.75) is 45.6 Å². The van der Waals surface area contributed by atoms with Crippen LogP contribution in [0, 0.1) is 0 Å². The molecule has 1 rings (SSSR count). The molecule has 15 heavy (non-hydrogen) atoms. The molecule has 0 amide bonds. The Bertz CT molecular complexity index is 277. The summed E-state index contributed by atoms with van der Waals surface area (Å²) in [5, 5.41) is 0. The summed E-state index contributed by atoms with van der Waals surface area (Å²) in [5.41, 5.74) is 1.20. The van der Waals surface area contributed by atoms with Gasteiger partial charge in [0.15, 0.2) is 0 Å². The highest BCUT2D eigenvalue weighted by molar-refractivity contribution is 5.79. The number of unbranched alkanes of at least 4 members (excludes halogenated alkanes) is 1. The van der Waals surface area contributed by atoms with Crippen molar-refractivity contribution in [3.8, 4) is 0 Å². The summed E-state index contributed by atoms with van der Waals surface area (Å²) in [6.45, 7) is 4.44. The molecule has 0 N–H and O–H groups in total. The third-order valence-electron chi connectivity index (χ3n) is 2.60. The second-order valence-electron chi connectivity index (χ2n) is 3.89. The fourth-order valence-corrected chi connectivity index (χ4v) is 1.55. The summed E-state index contributed by atoms with van der Waals surface area (Å²) in [4.78, 5) is 4.62. The van der Waals surface area contributed by atoms with Gasteiger partial charge in [-0.25, -0.2) is 0 Å². The van der Waals surface area contributed by atoms with E-state index in [1.54, 1.807) is 0 Å². The van der Waals surface area contributed by atoms with E-state index in [9.17, 15) is 0 Å². The van der Waals surface area contributed by atoms with Crippen LogP contribution in [-0.2, 0) is 0 Å². The van der Waals surface area contributed by atoms with E-state index in [-0.39, 0.29) is 0 Å². The first-order valence-corrected chi connectivity index (χ1v) is 5.95. The molecular formula is C14H21N. The monoisotopic (exact) mass is 203 g/mol. The number of rotatable bonds is 6. The average molecular weight is 203 g/mol. The predicted molar refractivity (Wildman–Crippen MR) is 67.6 cm³/mol. The molecule has 0 radical (unpaired) electrons. The first-order valence-electron chi connectivity index (χ1n) is 5.95. The second-order valence-corrected chi connectivity index (χ2v) is 3.89. The van der Waals surface area contributed by atoms with Gasteiger partial charge in [0.05, 0.1) is 0 Å². The van der Waals surface area contributed by atoms with E-state index in [0.717, 1.165) is 6.42 Å². The molecule has 0 bridgehead atoms. The zero-order valence-corrected chi connectivity index (χ0v) is 9.82. The van der Waals surface area contributed by atoms with Gasteiger partial charge < -0.3 is 0 Å². The summed E-state index contributed by atoms with van der Waals surface area (Å²) in [7, 11) is 0. The minimum atomic E-state index is 0.505. The molecule has 0 spiro atoms. The van der Waals surface area contributed by atoms with Crippen LogP contribution in [0.3, 0.4) is 0 Å².